The zero-order chi connectivity index (χ0) is 49.9. The molecule has 0 unspecified atom stereocenters. The normalized spacial score (nSPS) is 16.3. The Labute approximate surface area is 432 Å². The molecule has 0 radical (unpaired) electrons. The summed E-state index contributed by atoms with van der Waals surface area (Å²) in [6.07, 6.45) is 0. The van der Waals surface area contributed by atoms with Crippen molar-refractivity contribution in [1.29, 1.82) is 0 Å². The Hall–Kier alpha value is -8.20. The monoisotopic (exact) mass is 949 g/mol. The van der Waals surface area contributed by atoms with Crippen LogP contribution in [0.2, 0.25) is 0 Å². The number of nitrogens with zero attached hydrogens (tertiary/aromatic N) is 1. The number of fused-ring (bicyclic) bond motifs is 20. The van der Waals surface area contributed by atoms with E-state index < -0.39 is 0 Å². The Morgan fingerprint density at radius 2 is 0.770 bits per heavy atom. The average molecular weight is 950 g/mol. The summed E-state index contributed by atoms with van der Waals surface area (Å²) in [7, 11) is 0. The van der Waals surface area contributed by atoms with Crippen LogP contribution in [-0.2, 0) is 21.7 Å². The Bertz CT molecular complexity index is 4550. The fraction of sp³-hybridized carbons (Fsp3) is 0.167. The van der Waals surface area contributed by atoms with E-state index in [0.717, 1.165) is 39.0 Å². The number of furan rings is 1. The van der Waals surface area contributed by atoms with Gasteiger partial charge in [0, 0.05) is 43.8 Å². The van der Waals surface area contributed by atoms with Gasteiger partial charge in [0.15, 0.2) is 5.58 Å². The number of benzene rings is 11. The lowest BCUT2D eigenvalue weighted by Crippen LogP contribution is -2.17. The first kappa shape index (κ1) is 42.3. The highest BCUT2D eigenvalue weighted by atomic mass is 16.3. The van der Waals surface area contributed by atoms with Gasteiger partial charge in [0.25, 0.3) is 0 Å². The summed E-state index contributed by atoms with van der Waals surface area (Å²) >= 11 is 0. The van der Waals surface area contributed by atoms with Crippen LogP contribution in [0.15, 0.2) is 192 Å². The fourth-order valence-corrected chi connectivity index (χ4v) is 15.0. The van der Waals surface area contributed by atoms with Crippen LogP contribution in [0.5, 0.6) is 0 Å². The third kappa shape index (κ3) is 5.26. The van der Waals surface area contributed by atoms with Crippen LogP contribution < -0.4 is 4.90 Å². The van der Waals surface area contributed by atoms with Crippen molar-refractivity contribution in [2.75, 3.05) is 4.90 Å². The van der Waals surface area contributed by atoms with Crippen LogP contribution in [0.1, 0.15) is 99.9 Å². The maximum absolute atomic E-state index is 6.85. The maximum atomic E-state index is 6.85. The predicted octanol–water partition coefficient (Wildman–Crippen LogP) is 19.7. The molecule has 2 heteroatoms. The largest absolute Gasteiger partial charge is 0.454 e. The Balaban J connectivity index is 0.850. The van der Waals surface area contributed by atoms with Gasteiger partial charge in [-0.05, 0) is 194 Å². The zero-order valence-corrected chi connectivity index (χ0v) is 43.3. The molecule has 1 aromatic heterocycles. The first-order chi connectivity index (χ1) is 35.7. The summed E-state index contributed by atoms with van der Waals surface area (Å²) in [6.45, 7) is 19.3. The minimum absolute atomic E-state index is 0.0584. The Kier molecular flexibility index (Phi) is 7.94. The van der Waals surface area contributed by atoms with E-state index in [2.05, 4.69) is 248 Å². The number of hydrogen-bond acceptors (Lipinski definition) is 2. The van der Waals surface area contributed by atoms with Crippen molar-refractivity contribution in [2.45, 2.75) is 77.0 Å². The van der Waals surface area contributed by atoms with Gasteiger partial charge in [-0.25, -0.2) is 0 Å². The standard InChI is InChI=1S/C72H55NO/c1-69(2)58-21-13-11-18-48(58)54-36-62-55(37-60(54)69)50-28-24-42-32-44(26-30-46(42)66(50)71(62,5)6)73(64-22-15-20-52-49-19-12-14-23-65(49)74-68(52)64)45-27-31-47-43(33-45)25-29-51-56-38-61-57(39-63(56)72(7,8)67(47)51)53-34-40-16-9-10-17-41(40)35-59(53)70(61,3)4/h9-39H,1-8H3. The first-order valence-electron chi connectivity index (χ1n) is 26.6. The van der Waals surface area contributed by atoms with Gasteiger partial charge < -0.3 is 9.32 Å². The molecular formula is C72H55NO. The van der Waals surface area contributed by atoms with E-state index in [4.69, 9.17) is 4.42 Å². The van der Waals surface area contributed by atoms with Crippen molar-refractivity contribution in [2.24, 2.45) is 0 Å². The van der Waals surface area contributed by atoms with E-state index in [1.165, 1.54) is 121 Å². The minimum Gasteiger partial charge on any atom is -0.454 e. The molecule has 0 saturated carbocycles. The molecule has 2 nitrogen and oxygen atoms in total. The highest BCUT2D eigenvalue weighted by Crippen LogP contribution is 2.60. The summed E-state index contributed by atoms with van der Waals surface area (Å²) in [5, 5.41) is 9.90. The second-order valence-corrected chi connectivity index (χ2v) is 24.1. The van der Waals surface area contributed by atoms with Crippen molar-refractivity contribution < 1.29 is 4.42 Å². The second-order valence-electron chi connectivity index (χ2n) is 24.1. The third-order valence-electron chi connectivity index (χ3n) is 18.7. The number of hydrogen-bond donors (Lipinski definition) is 0. The van der Waals surface area contributed by atoms with E-state index in [1.807, 2.05) is 0 Å². The molecule has 12 aromatic rings. The molecule has 0 saturated heterocycles. The SMILES string of the molecule is CC1(C)c2ccccc2-c2cc3c(cc21)-c1ccc2cc(N(c4ccc5c6c(ccc5c4)-c4cc5c(cc4C6(C)C)-c4cc6ccccc6cc4C5(C)C)c4cccc5c4oc4ccccc45)ccc2c1C3(C)C. The quantitative estimate of drug-likeness (QED) is 0.175. The van der Waals surface area contributed by atoms with Gasteiger partial charge in [-0.15, -0.1) is 0 Å². The second kappa shape index (κ2) is 13.9. The lowest BCUT2D eigenvalue weighted by atomic mass is 9.78. The molecule has 4 aliphatic rings. The highest BCUT2D eigenvalue weighted by Gasteiger charge is 2.44. The summed E-state index contributed by atoms with van der Waals surface area (Å²) in [5.74, 6) is 0. The van der Waals surface area contributed by atoms with E-state index >= 15 is 0 Å². The molecule has 354 valence electrons. The Morgan fingerprint density at radius 1 is 0.297 bits per heavy atom. The number of rotatable bonds is 3. The van der Waals surface area contributed by atoms with Crippen molar-refractivity contribution >= 4 is 71.3 Å². The van der Waals surface area contributed by atoms with Gasteiger partial charge in [0.05, 0.1) is 5.69 Å². The van der Waals surface area contributed by atoms with Gasteiger partial charge in [-0.2, -0.15) is 0 Å². The molecule has 16 rings (SSSR count). The number of anilines is 3. The Morgan fingerprint density at radius 3 is 1.41 bits per heavy atom. The van der Waals surface area contributed by atoms with Crippen molar-refractivity contribution in [1.82, 2.24) is 0 Å². The topological polar surface area (TPSA) is 16.4 Å². The molecule has 0 aliphatic heterocycles. The fourth-order valence-electron chi connectivity index (χ4n) is 15.0. The van der Waals surface area contributed by atoms with Gasteiger partial charge in [-0.3, -0.25) is 0 Å². The van der Waals surface area contributed by atoms with Crippen LogP contribution in [0.4, 0.5) is 17.1 Å². The molecule has 11 aromatic carbocycles. The van der Waals surface area contributed by atoms with E-state index in [9.17, 15) is 0 Å². The minimum atomic E-state index is -0.211. The molecule has 4 aliphatic carbocycles. The van der Waals surface area contributed by atoms with E-state index in [0.29, 0.717) is 0 Å². The van der Waals surface area contributed by atoms with Crippen molar-refractivity contribution in [3.8, 4) is 44.5 Å². The first-order valence-corrected chi connectivity index (χ1v) is 26.6. The van der Waals surface area contributed by atoms with Crippen LogP contribution in [0.25, 0.3) is 98.8 Å². The van der Waals surface area contributed by atoms with E-state index in [-0.39, 0.29) is 21.7 Å². The molecule has 0 fully saturated rings. The smallest absolute Gasteiger partial charge is 0.159 e. The van der Waals surface area contributed by atoms with Crippen molar-refractivity contribution in [3.05, 3.63) is 233 Å². The van der Waals surface area contributed by atoms with Gasteiger partial charge in [0.1, 0.15) is 5.58 Å². The van der Waals surface area contributed by atoms with Gasteiger partial charge in [-0.1, -0.05) is 171 Å². The summed E-state index contributed by atoms with van der Waals surface area (Å²) < 4.78 is 6.85. The van der Waals surface area contributed by atoms with Gasteiger partial charge >= 0.3 is 0 Å². The van der Waals surface area contributed by atoms with Crippen molar-refractivity contribution in [3.63, 3.8) is 0 Å². The molecule has 1 heterocycles. The van der Waals surface area contributed by atoms with Gasteiger partial charge in [0.2, 0.25) is 0 Å². The lowest BCUT2D eigenvalue weighted by Gasteiger charge is -2.28. The van der Waals surface area contributed by atoms with Crippen LogP contribution in [-0.4, -0.2) is 0 Å². The number of para-hydroxylation sites is 2. The highest BCUT2D eigenvalue weighted by molar-refractivity contribution is 6.11. The predicted molar refractivity (Wildman–Crippen MR) is 311 cm³/mol. The van der Waals surface area contributed by atoms with Crippen LogP contribution >= 0.6 is 0 Å². The molecular weight excluding hydrogens is 895 g/mol. The average Bonchev–Trinajstić information content (AvgIpc) is 4.10. The summed E-state index contributed by atoms with van der Waals surface area (Å²) in [6, 6.07) is 71.7. The molecule has 0 spiro atoms. The third-order valence-corrected chi connectivity index (χ3v) is 18.7. The summed E-state index contributed by atoms with van der Waals surface area (Å²) in [4.78, 5) is 2.43. The van der Waals surface area contributed by atoms with Crippen LogP contribution in [0.3, 0.4) is 0 Å². The van der Waals surface area contributed by atoms with E-state index in [1.54, 1.807) is 0 Å². The molecule has 0 atom stereocenters. The maximum Gasteiger partial charge on any atom is 0.159 e. The van der Waals surface area contributed by atoms with Crippen LogP contribution in [0, 0.1) is 0 Å². The zero-order valence-electron chi connectivity index (χ0n) is 43.3. The molecule has 0 N–H and O–H groups in total. The summed E-state index contributed by atoms with van der Waals surface area (Å²) in [5.41, 5.74) is 26.7. The molecule has 0 amide bonds. The molecule has 0 bridgehead atoms. The lowest BCUT2D eigenvalue weighted by molar-refractivity contribution is 0.654. The molecule has 74 heavy (non-hydrogen) atoms.